The van der Waals surface area contributed by atoms with Gasteiger partial charge in [0.15, 0.2) is 11.0 Å². The van der Waals surface area contributed by atoms with E-state index >= 15 is 0 Å². The van der Waals surface area contributed by atoms with E-state index in [1.165, 1.54) is 13.0 Å². The maximum absolute atomic E-state index is 11.7. The molecule has 7 nitrogen and oxygen atoms in total. The van der Waals surface area contributed by atoms with Crippen molar-refractivity contribution in [2.24, 2.45) is 5.92 Å². The maximum Gasteiger partial charge on any atom is 0.406 e. The molecule has 0 bridgehead atoms. The minimum Gasteiger partial charge on any atom is -0.479 e. The molecule has 162 valence electrons. The summed E-state index contributed by atoms with van der Waals surface area (Å²) in [6.45, 7) is 0.466. The number of rotatable bonds is 4. The van der Waals surface area contributed by atoms with Gasteiger partial charge in [0.1, 0.15) is 6.54 Å². The zero-order chi connectivity index (χ0) is 21.7. The van der Waals surface area contributed by atoms with E-state index in [4.69, 9.17) is 21.8 Å². The summed E-state index contributed by atoms with van der Waals surface area (Å²) in [5, 5.41) is 27.8. The van der Waals surface area contributed by atoms with E-state index in [1.54, 1.807) is 0 Å². The normalized spacial score (nSPS) is 21.0. The zero-order valence-corrected chi connectivity index (χ0v) is 16.5. The Morgan fingerprint density at radius 3 is 2.14 bits per heavy atom. The van der Waals surface area contributed by atoms with Crippen LogP contribution in [0, 0.1) is 5.92 Å². The van der Waals surface area contributed by atoms with Crippen molar-refractivity contribution in [2.45, 2.75) is 25.2 Å². The Balaban J connectivity index is 0.000000542. The Morgan fingerprint density at radius 2 is 1.76 bits per heavy atom. The molecule has 0 amide bonds. The Kier molecular flexibility index (Phi) is 9.64. The van der Waals surface area contributed by atoms with Gasteiger partial charge in [-0.1, -0.05) is 6.08 Å². The van der Waals surface area contributed by atoms with Gasteiger partial charge in [0.05, 0.1) is 0 Å². The van der Waals surface area contributed by atoms with Crippen LogP contribution >= 0.6 is 24.0 Å². The first-order valence-corrected chi connectivity index (χ1v) is 8.23. The highest BCUT2D eigenvalue weighted by molar-refractivity contribution is 6.19. The molecule has 3 N–H and O–H groups in total. The molecule has 0 aliphatic heterocycles. The van der Waals surface area contributed by atoms with E-state index in [2.05, 4.69) is 0 Å². The molecule has 1 aromatic rings. The van der Waals surface area contributed by atoms with Gasteiger partial charge in [-0.2, -0.15) is 13.2 Å². The van der Waals surface area contributed by atoms with Crippen molar-refractivity contribution in [2.75, 3.05) is 5.88 Å². The number of carboxylic acid groups (broad SMARTS) is 2. The second-order valence-corrected chi connectivity index (χ2v) is 6.20. The smallest absolute Gasteiger partial charge is 0.406 e. The van der Waals surface area contributed by atoms with Crippen molar-refractivity contribution < 1.29 is 38.1 Å². The molecule has 0 saturated heterocycles. The molecule has 0 radical (unpaired) electrons. The van der Waals surface area contributed by atoms with Crippen LogP contribution in [0.15, 0.2) is 52.6 Å². The lowest BCUT2D eigenvalue weighted by molar-refractivity contribution is -0.157. The van der Waals surface area contributed by atoms with Crippen molar-refractivity contribution in [1.29, 1.82) is 0 Å². The van der Waals surface area contributed by atoms with Crippen molar-refractivity contribution in [3.8, 4) is 0 Å². The molecule has 1 aliphatic carbocycles. The largest absolute Gasteiger partial charge is 0.479 e. The van der Waals surface area contributed by atoms with Crippen molar-refractivity contribution in [3.63, 3.8) is 0 Å². The SMILES string of the molecule is CC1=C(C(=O)O)C(CCl)C(O)(C(=O)O)C=C1.Cl.O=c1ccn(CC(F)(F)F)cc1. The van der Waals surface area contributed by atoms with Crippen molar-refractivity contribution in [3.05, 3.63) is 58.0 Å². The van der Waals surface area contributed by atoms with Crippen LogP contribution in [0.5, 0.6) is 0 Å². The number of aliphatic hydroxyl groups is 1. The van der Waals surface area contributed by atoms with E-state index < -0.39 is 36.2 Å². The van der Waals surface area contributed by atoms with Crippen molar-refractivity contribution >= 4 is 35.9 Å². The van der Waals surface area contributed by atoms with Gasteiger partial charge in [-0.3, -0.25) is 4.79 Å². The maximum atomic E-state index is 11.7. The molecule has 0 saturated carbocycles. The highest BCUT2D eigenvalue weighted by atomic mass is 35.5. The lowest BCUT2D eigenvalue weighted by atomic mass is 9.77. The van der Waals surface area contributed by atoms with E-state index in [1.807, 2.05) is 0 Å². The van der Waals surface area contributed by atoms with Gasteiger partial charge in [0, 0.05) is 41.9 Å². The van der Waals surface area contributed by atoms with E-state index in [0.29, 0.717) is 5.57 Å². The molecule has 1 heterocycles. The van der Waals surface area contributed by atoms with Crippen LogP contribution < -0.4 is 5.43 Å². The fraction of sp³-hybridized carbons (Fsp3) is 0.353. The summed E-state index contributed by atoms with van der Waals surface area (Å²) in [4.78, 5) is 32.4. The molecule has 2 unspecified atom stereocenters. The number of carboxylic acids is 2. The van der Waals surface area contributed by atoms with Gasteiger partial charge < -0.3 is 19.9 Å². The summed E-state index contributed by atoms with van der Waals surface area (Å²) in [6.07, 6.45) is 0.311. The molecule has 1 aliphatic rings. The molecule has 29 heavy (non-hydrogen) atoms. The zero-order valence-electron chi connectivity index (χ0n) is 14.9. The molecular weight excluding hydrogens is 442 g/mol. The minimum atomic E-state index is -4.24. The quantitative estimate of drug-likeness (QED) is 0.595. The predicted molar refractivity (Wildman–Crippen MR) is 100 cm³/mol. The number of pyridine rings is 1. The summed E-state index contributed by atoms with van der Waals surface area (Å²) >= 11 is 5.56. The highest BCUT2D eigenvalue weighted by Gasteiger charge is 2.47. The van der Waals surface area contributed by atoms with Crippen LogP contribution in [0.25, 0.3) is 0 Å². The molecule has 12 heteroatoms. The average molecular weight is 460 g/mol. The fourth-order valence-corrected chi connectivity index (χ4v) is 2.83. The summed E-state index contributed by atoms with van der Waals surface area (Å²) in [6, 6.07) is 2.18. The fourth-order valence-electron chi connectivity index (χ4n) is 2.44. The van der Waals surface area contributed by atoms with Crippen LogP contribution in [0.1, 0.15) is 6.92 Å². The monoisotopic (exact) mass is 459 g/mol. The van der Waals surface area contributed by atoms with Gasteiger partial charge >= 0.3 is 18.1 Å². The van der Waals surface area contributed by atoms with E-state index in [9.17, 15) is 32.7 Å². The van der Waals surface area contributed by atoms with Crippen LogP contribution in [0.4, 0.5) is 13.2 Å². The summed E-state index contributed by atoms with van der Waals surface area (Å²) in [7, 11) is 0. The second-order valence-electron chi connectivity index (χ2n) is 5.89. The number of aromatic nitrogens is 1. The number of halogens is 5. The molecule has 0 fully saturated rings. The Bertz CT molecular complexity index is 845. The standard InChI is InChI=1S/C10H11ClO5.C7H6F3NO.ClH/c1-5-2-3-10(16,9(14)15)6(4-11)7(5)8(12)13;8-7(9,10)5-11-3-1-6(12)2-4-11;/h2-3,6,16H,4H2,1H3,(H,12,13)(H,14,15);1-4H,5H2;1H. The third kappa shape index (κ3) is 7.22. The molecular formula is C17H18Cl2F3NO6. The van der Waals surface area contributed by atoms with E-state index in [0.717, 1.165) is 35.2 Å². The lowest BCUT2D eigenvalue weighted by Gasteiger charge is -2.32. The van der Waals surface area contributed by atoms with Crippen molar-refractivity contribution in [1.82, 2.24) is 4.57 Å². The highest BCUT2D eigenvalue weighted by Crippen LogP contribution is 2.34. The molecule has 2 rings (SSSR count). The van der Waals surface area contributed by atoms with Crippen LogP contribution in [0.2, 0.25) is 0 Å². The first kappa shape index (κ1) is 26.7. The third-order valence-electron chi connectivity index (χ3n) is 3.84. The summed E-state index contributed by atoms with van der Waals surface area (Å²) in [5.74, 6) is -4.23. The van der Waals surface area contributed by atoms with Crippen LogP contribution in [-0.2, 0) is 16.1 Å². The van der Waals surface area contributed by atoms with Gasteiger partial charge in [-0.15, -0.1) is 24.0 Å². The van der Waals surface area contributed by atoms with Gasteiger partial charge in [0.2, 0.25) is 0 Å². The number of nitrogens with zero attached hydrogens (tertiary/aromatic N) is 1. The number of aliphatic carboxylic acids is 2. The van der Waals surface area contributed by atoms with Crippen LogP contribution in [-0.4, -0.2) is 49.5 Å². The Hall–Kier alpha value is -2.30. The number of carbonyl (C=O) groups is 2. The van der Waals surface area contributed by atoms with E-state index in [-0.39, 0.29) is 29.3 Å². The lowest BCUT2D eigenvalue weighted by Crippen LogP contribution is -2.48. The van der Waals surface area contributed by atoms with Gasteiger partial charge in [-0.25, -0.2) is 9.59 Å². The number of allylic oxidation sites excluding steroid dienone is 2. The summed E-state index contributed by atoms with van der Waals surface area (Å²) in [5.41, 5.74) is -2.32. The molecule has 0 spiro atoms. The molecule has 1 aromatic heterocycles. The number of alkyl halides is 4. The predicted octanol–water partition coefficient (Wildman–Crippen LogP) is 2.46. The number of hydrogen-bond acceptors (Lipinski definition) is 4. The molecule has 0 aromatic carbocycles. The van der Waals surface area contributed by atoms with Gasteiger partial charge in [-0.05, 0) is 18.6 Å². The number of hydrogen-bond donors (Lipinski definition) is 3. The molecule has 2 atom stereocenters. The Labute approximate surface area is 174 Å². The average Bonchev–Trinajstić information content (AvgIpc) is 2.57. The minimum absolute atomic E-state index is 0. The second kappa shape index (κ2) is 10.5. The van der Waals surface area contributed by atoms with Crippen LogP contribution in [0.3, 0.4) is 0 Å². The first-order chi connectivity index (χ1) is 12.8. The third-order valence-corrected chi connectivity index (χ3v) is 4.15. The first-order valence-electron chi connectivity index (χ1n) is 7.69. The summed E-state index contributed by atoms with van der Waals surface area (Å²) < 4.78 is 36.1. The Morgan fingerprint density at radius 1 is 1.24 bits per heavy atom. The van der Waals surface area contributed by atoms with Gasteiger partial charge in [0.25, 0.3) is 0 Å². The topological polar surface area (TPSA) is 117 Å².